The van der Waals surface area contributed by atoms with Crippen LogP contribution in [0.4, 0.5) is 11.4 Å². The number of benzene rings is 2. The highest BCUT2D eigenvalue weighted by molar-refractivity contribution is 7.92. The second-order valence-corrected chi connectivity index (χ2v) is 7.88. The van der Waals surface area contributed by atoms with E-state index in [0.717, 1.165) is 5.56 Å². The normalized spacial score (nSPS) is 10.9. The number of anilines is 2. The first-order chi connectivity index (χ1) is 13.8. The zero-order valence-corrected chi connectivity index (χ0v) is 16.5. The lowest BCUT2D eigenvalue weighted by molar-refractivity contribution is 0.0593. The molecule has 0 saturated carbocycles. The van der Waals surface area contributed by atoms with E-state index in [2.05, 4.69) is 4.72 Å². The van der Waals surface area contributed by atoms with Crippen molar-refractivity contribution >= 4 is 27.4 Å². The molecule has 0 saturated heterocycles. The van der Waals surface area contributed by atoms with E-state index < -0.39 is 16.0 Å². The summed E-state index contributed by atoms with van der Waals surface area (Å²) < 4.78 is 34.0. The lowest BCUT2D eigenvalue weighted by atomic mass is 10.2. The van der Waals surface area contributed by atoms with Crippen LogP contribution in [0.25, 0.3) is 5.69 Å². The quantitative estimate of drug-likeness (QED) is 0.623. The van der Waals surface area contributed by atoms with E-state index in [1.165, 1.54) is 42.1 Å². The van der Waals surface area contributed by atoms with Gasteiger partial charge in [-0.2, -0.15) is 5.26 Å². The maximum atomic E-state index is 12.7. The monoisotopic (exact) mass is 410 g/mol. The van der Waals surface area contributed by atoms with E-state index in [9.17, 15) is 18.5 Å². The first kappa shape index (κ1) is 20.0. The number of carbonyl (C=O) groups excluding carboxylic acids is 1. The Labute approximate surface area is 168 Å². The van der Waals surface area contributed by atoms with Gasteiger partial charge in [-0.25, -0.2) is 13.2 Å². The van der Waals surface area contributed by atoms with Gasteiger partial charge in [-0.15, -0.1) is 0 Å². The van der Waals surface area contributed by atoms with E-state index in [1.54, 1.807) is 25.1 Å². The molecule has 1 aromatic heterocycles. The summed E-state index contributed by atoms with van der Waals surface area (Å²) in [6, 6.07) is 14.8. The SMILES string of the molecule is COC(=O)c1c(N)c(C#N)cn1-c1ccc(S(=O)(=O)Nc2ccccc2C)cc1. The number of nitriles is 1. The Kier molecular flexibility index (Phi) is 5.30. The van der Waals surface area contributed by atoms with Gasteiger partial charge in [0.2, 0.25) is 0 Å². The summed E-state index contributed by atoms with van der Waals surface area (Å²) in [5.41, 5.74) is 7.72. The zero-order chi connectivity index (χ0) is 21.2. The minimum Gasteiger partial charge on any atom is -0.464 e. The average Bonchev–Trinajstić information content (AvgIpc) is 3.05. The molecule has 0 amide bonds. The van der Waals surface area contributed by atoms with Crippen LogP contribution in [-0.4, -0.2) is 26.1 Å². The highest BCUT2D eigenvalue weighted by Crippen LogP contribution is 2.26. The third kappa shape index (κ3) is 3.79. The molecule has 148 valence electrons. The molecule has 3 aromatic rings. The van der Waals surface area contributed by atoms with Gasteiger partial charge in [0.1, 0.15) is 6.07 Å². The smallest absolute Gasteiger partial charge is 0.357 e. The second-order valence-electron chi connectivity index (χ2n) is 6.19. The molecule has 29 heavy (non-hydrogen) atoms. The molecular weight excluding hydrogens is 392 g/mol. The topological polar surface area (TPSA) is 127 Å². The molecule has 0 radical (unpaired) electrons. The summed E-state index contributed by atoms with van der Waals surface area (Å²) in [6.45, 7) is 1.80. The summed E-state index contributed by atoms with van der Waals surface area (Å²) in [5, 5.41) is 9.19. The number of rotatable bonds is 5. The Bertz CT molecular complexity index is 1220. The van der Waals surface area contributed by atoms with Crippen molar-refractivity contribution in [2.24, 2.45) is 0 Å². The van der Waals surface area contributed by atoms with Crippen molar-refractivity contribution in [2.75, 3.05) is 17.6 Å². The van der Waals surface area contributed by atoms with Crippen molar-refractivity contribution in [1.82, 2.24) is 4.57 Å². The van der Waals surface area contributed by atoms with Crippen LogP contribution in [0.15, 0.2) is 59.6 Å². The molecule has 0 unspecified atom stereocenters. The number of methoxy groups -OCH3 is 1. The Morgan fingerprint density at radius 2 is 1.83 bits per heavy atom. The summed E-state index contributed by atoms with van der Waals surface area (Å²) in [7, 11) is -2.60. The predicted octanol–water partition coefficient (Wildman–Crippen LogP) is 2.83. The van der Waals surface area contributed by atoms with Crippen molar-refractivity contribution in [2.45, 2.75) is 11.8 Å². The Balaban J connectivity index is 1.98. The van der Waals surface area contributed by atoms with Crippen molar-refractivity contribution in [3.63, 3.8) is 0 Å². The third-order valence-electron chi connectivity index (χ3n) is 4.36. The lowest BCUT2D eigenvalue weighted by Gasteiger charge is -2.12. The number of nitrogens with zero attached hydrogens (tertiary/aromatic N) is 2. The Morgan fingerprint density at radius 1 is 1.17 bits per heavy atom. The fourth-order valence-electron chi connectivity index (χ4n) is 2.80. The van der Waals surface area contributed by atoms with Gasteiger partial charge in [0.25, 0.3) is 10.0 Å². The van der Waals surface area contributed by atoms with Crippen molar-refractivity contribution < 1.29 is 17.9 Å². The molecule has 8 nitrogen and oxygen atoms in total. The van der Waals surface area contributed by atoms with Crippen molar-refractivity contribution in [1.29, 1.82) is 5.26 Å². The summed E-state index contributed by atoms with van der Waals surface area (Å²) in [5.74, 6) is -0.707. The molecule has 3 rings (SSSR count). The third-order valence-corrected chi connectivity index (χ3v) is 5.74. The molecule has 0 spiro atoms. The number of hydrogen-bond acceptors (Lipinski definition) is 6. The standard InChI is InChI=1S/C20H18N4O4S/c1-13-5-3-4-6-17(13)23-29(26,27)16-9-7-15(8-10-16)24-12-14(11-21)18(22)19(24)20(25)28-2/h3-10,12,23H,22H2,1-2H3. The molecule has 0 bridgehead atoms. The number of hydrogen-bond donors (Lipinski definition) is 2. The lowest BCUT2D eigenvalue weighted by Crippen LogP contribution is -2.14. The van der Waals surface area contributed by atoms with E-state index >= 15 is 0 Å². The number of nitrogens with two attached hydrogens (primary N) is 1. The van der Waals surface area contributed by atoms with E-state index in [-0.39, 0.29) is 21.8 Å². The van der Waals surface area contributed by atoms with Crippen LogP contribution in [0.1, 0.15) is 21.6 Å². The van der Waals surface area contributed by atoms with Crippen molar-refractivity contribution in [3.05, 3.63) is 71.5 Å². The van der Waals surface area contributed by atoms with Crippen LogP contribution in [0.2, 0.25) is 0 Å². The van der Waals surface area contributed by atoms with Crippen LogP contribution in [0.5, 0.6) is 0 Å². The van der Waals surface area contributed by atoms with Crippen molar-refractivity contribution in [3.8, 4) is 11.8 Å². The van der Waals surface area contributed by atoms with Crippen LogP contribution in [-0.2, 0) is 14.8 Å². The highest BCUT2D eigenvalue weighted by Gasteiger charge is 2.22. The Morgan fingerprint density at radius 3 is 2.41 bits per heavy atom. The number of aryl methyl sites for hydroxylation is 1. The number of ether oxygens (including phenoxy) is 1. The van der Waals surface area contributed by atoms with E-state index in [1.807, 2.05) is 12.1 Å². The average molecular weight is 410 g/mol. The predicted molar refractivity (Wildman–Crippen MR) is 108 cm³/mol. The van der Waals surface area contributed by atoms with Gasteiger partial charge in [0.05, 0.1) is 28.9 Å². The van der Waals surface area contributed by atoms with Gasteiger partial charge in [-0.3, -0.25) is 4.72 Å². The molecular formula is C20H18N4O4S. The van der Waals surface area contributed by atoms with Gasteiger partial charge in [0.15, 0.2) is 5.69 Å². The first-order valence-electron chi connectivity index (χ1n) is 8.46. The number of nitrogens with one attached hydrogen (secondary N) is 1. The number of nitrogen functional groups attached to an aromatic ring is 1. The summed E-state index contributed by atoms with van der Waals surface area (Å²) in [6.07, 6.45) is 1.40. The fourth-order valence-corrected chi connectivity index (χ4v) is 3.93. The number of sulfonamides is 1. The maximum Gasteiger partial charge on any atom is 0.357 e. The van der Waals surface area contributed by atoms with Gasteiger partial charge < -0.3 is 15.0 Å². The van der Waals surface area contributed by atoms with Gasteiger partial charge in [-0.1, -0.05) is 18.2 Å². The molecule has 0 fully saturated rings. The Hall–Kier alpha value is -3.77. The largest absolute Gasteiger partial charge is 0.464 e. The van der Waals surface area contributed by atoms with Crippen LogP contribution < -0.4 is 10.5 Å². The minimum atomic E-state index is -3.80. The maximum absolute atomic E-state index is 12.7. The molecule has 9 heteroatoms. The zero-order valence-electron chi connectivity index (χ0n) is 15.7. The molecule has 1 heterocycles. The van der Waals surface area contributed by atoms with Gasteiger partial charge >= 0.3 is 5.97 Å². The molecule has 0 aliphatic rings. The number of esters is 1. The fraction of sp³-hybridized carbons (Fsp3) is 0.100. The molecule has 0 atom stereocenters. The van der Waals surface area contributed by atoms with E-state index in [0.29, 0.717) is 11.4 Å². The highest BCUT2D eigenvalue weighted by atomic mass is 32.2. The minimum absolute atomic E-state index is 0.00214. The number of aromatic nitrogens is 1. The van der Waals surface area contributed by atoms with Gasteiger partial charge in [-0.05, 0) is 42.8 Å². The van der Waals surface area contributed by atoms with E-state index in [4.69, 9.17) is 10.5 Å². The summed E-state index contributed by atoms with van der Waals surface area (Å²) in [4.78, 5) is 12.1. The van der Waals surface area contributed by atoms with Crippen LogP contribution >= 0.6 is 0 Å². The molecule has 2 aromatic carbocycles. The van der Waals surface area contributed by atoms with Crippen LogP contribution in [0.3, 0.4) is 0 Å². The number of para-hydroxylation sites is 1. The molecule has 0 aliphatic heterocycles. The molecule has 0 aliphatic carbocycles. The van der Waals surface area contributed by atoms with Crippen LogP contribution in [0, 0.1) is 18.3 Å². The summed E-state index contributed by atoms with van der Waals surface area (Å²) >= 11 is 0. The first-order valence-corrected chi connectivity index (χ1v) is 9.95. The van der Waals surface area contributed by atoms with Gasteiger partial charge in [0, 0.05) is 11.9 Å². The molecule has 3 N–H and O–H groups in total. The second kappa shape index (κ2) is 7.69. The number of carbonyl (C=O) groups is 1.